The van der Waals surface area contributed by atoms with E-state index in [4.69, 9.17) is 9.72 Å². The molecule has 4 heterocycles. The zero-order chi connectivity index (χ0) is 26.2. The van der Waals surface area contributed by atoms with Crippen molar-refractivity contribution in [2.45, 2.75) is 45.1 Å². The second kappa shape index (κ2) is 10.4. The van der Waals surface area contributed by atoms with Gasteiger partial charge in [-0.25, -0.2) is 19.3 Å². The lowest BCUT2D eigenvalue weighted by Gasteiger charge is -2.47. The van der Waals surface area contributed by atoms with Crippen LogP contribution in [-0.4, -0.2) is 49.1 Å². The standard InChI is InChI=1S/C29H30FN5O2S/c1-3-37-29(36)24-17-7-9-18(10-8-17)25(24)35-16-19(6-4-5-11-38-2)22-14-33-27(34-28(22)35)23-15-32-26-21(23)12-20(30)13-31-26/h12-18,24-25H,3,5,7-11H2,1-2H3,(H,31,32)/t17?,18?,24-,25?/m0/s1. The average Bonchev–Trinajstić information content (AvgIpc) is 3.52. The number of thioether (sulfide) groups is 1. The van der Waals surface area contributed by atoms with Gasteiger partial charge in [-0.1, -0.05) is 11.8 Å². The minimum absolute atomic E-state index is 0.0457. The van der Waals surface area contributed by atoms with Crippen LogP contribution in [0.25, 0.3) is 33.5 Å². The van der Waals surface area contributed by atoms with E-state index in [1.165, 1.54) is 12.3 Å². The highest BCUT2D eigenvalue weighted by Crippen LogP contribution is 2.52. The Bertz CT molecular complexity index is 1560. The fourth-order valence-corrected chi connectivity index (χ4v) is 6.65. The molecule has 0 amide bonds. The fourth-order valence-electron chi connectivity index (χ4n) is 6.35. The number of rotatable bonds is 6. The second-order valence-corrected chi connectivity index (χ2v) is 11.1. The molecule has 196 valence electrons. The molecule has 4 aromatic rings. The van der Waals surface area contributed by atoms with Crippen LogP contribution in [0.3, 0.4) is 0 Å². The van der Waals surface area contributed by atoms with Crippen molar-refractivity contribution in [1.29, 1.82) is 0 Å². The van der Waals surface area contributed by atoms with Crippen LogP contribution in [0, 0.1) is 35.4 Å². The first kappa shape index (κ1) is 24.9. The number of halogens is 1. The van der Waals surface area contributed by atoms with Crippen molar-refractivity contribution >= 4 is 39.8 Å². The predicted molar refractivity (Wildman–Crippen MR) is 147 cm³/mol. The number of ether oxygens (including phenoxy) is 1. The topological polar surface area (TPSA) is 85.7 Å². The minimum Gasteiger partial charge on any atom is -0.466 e. The molecular weight excluding hydrogens is 501 g/mol. The number of carbonyl (C=O) groups excluding carboxylic acids is 1. The molecule has 1 N–H and O–H groups in total. The molecule has 3 saturated carbocycles. The Hall–Kier alpha value is -3.38. The van der Waals surface area contributed by atoms with Crippen LogP contribution in [0.4, 0.5) is 4.39 Å². The molecule has 0 spiro atoms. The molecule has 38 heavy (non-hydrogen) atoms. The summed E-state index contributed by atoms with van der Waals surface area (Å²) in [6, 6.07) is 1.40. The van der Waals surface area contributed by atoms with E-state index < -0.39 is 5.82 Å². The quantitative estimate of drug-likeness (QED) is 0.193. The minimum atomic E-state index is -0.416. The summed E-state index contributed by atoms with van der Waals surface area (Å²) in [5.74, 6) is 8.00. The Morgan fingerprint density at radius 2 is 2.03 bits per heavy atom. The van der Waals surface area contributed by atoms with Gasteiger partial charge in [-0.2, -0.15) is 11.8 Å². The van der Waals surface area contributed by atoms with Crippen molar-refractivity contribution in [3.8, 4) is 23.2 Å². The maximum Gasteiger partial charge on any atom is 0.311 e. The van der Waals surface area contributed by atoms with E-state index in [1.807, 2.05) is 6.92 Å². The van der Waals surface area contributed by atoms with Gasteiger partial charge in [0.25, 0.3) is 0 Å². The molecule has 0 aromatic carbocycles. The molecule has 9 heteroatoms. The molecule has 7 rings (SSSR count). The largest absolute Gasteiger partial charge is 0.466 e. The second-order valence-electron chi connectivity index (χ2n) is 10.1. The summed E-state index contributed by atoms with van der Waals surface area (Å²) in [5.41, 5.74) is 2.87. The van der Waals surface area contributed by atoms with E-state index in [0.29, 0.717) is 40.9 Å². The first-order valence-electron chi connectivity index (χ1n) is 13.2. The van der Waals surface area contributed by atoms with Crippen molar-refractivity contribution in [3.05, 3.63) is 42.2 Å². The van der Waals surface area contributed by atoms with Crippen LogP contribution in [-0.2, 0) is 9.53 Å². The number of aromatic amines is 1. The summed E-state index contributed by atoms with van der Waals surface area (Å²) in [6.45, 7) is 2.23. The number of pyridine rings is 1. The Morgan fingerprint density at radius 3 is 2.82 bits per heavy atom. The van der Waals surface area contributed by atoms with Gasteiger partial charge in [-0.05, 0) is 56.8 Å². The van der Waals surface area contributed by atoms with E-state index in [9.17, 15) is 9.18 Å². The summed E-state index contributed by atoms with van der Waals surface area (Å²) in [7, 11) is 0. The van der Waals surface area contributed by atoms with Crippen LogP contribution in [0.2, 0.25) is 0 Å². The highest BCUT2D eigenvalue weighted by molar-refractivity contribution is 7.98. The number of esters is 1. The van der Waals surface area contributed by atoms with Gasteiger partial charge in [0.15, 0.2) is 5.82 Å². The van der Waals surface area contributed by atoms with Crippen molar-refractivity contribution in [2.24, 2.45) is 17.8 Å². The van der Waals surface area contributed by atoms with Gasteiger partial charge >= 0.3 is 5.97 Å². The maximum absolute atomic E-state index is 14.0. The summed E-state index contributed by atoms with van der Waals surface area (Å²) in [5, 5.41) is 1.49. The number of carbonyl (C=O) groups is 1. The zero-order valence-electron chi connectivity index (χ0n) is 21.5. The zero-order valence-corrected chi connectivity index (χ0v) is 22.4. The van der Waals surface area contributed by atoms with Crippen molar-refractivity contribution < 1.29 is 13.9 Å². The number of nitrogens with zero attached hydrogens (tertiary/aromatic N) is 4. The Kier molecular flexibility index (Phi) is 6.83. The van der Waals surface area contributed by atoms with Gasteiger partial charge in [0, 0.05) is 41.7 Å². The normalized spacial score (nSPS) is 22.5. The molecule has 0 aliphatic heterocycles. The average molecular weight is 532 g/mol. The van der Waals surface area contributed by atoms with Crippen LogP contribution < -0.4 is 0 Å². The summed E-state index contributed by atoms with van der Waals surface area (Å²) < 4.78 is 21.8. The predicted octanol–water partition coefficient (Wildman–Crippen LogP) is 5.76. The van der Waals surface area contributed by atoms with Crippen molar-refractivity contribution in [3.63, 3.8) is 0 Å². The van der Waals surface area contributed by atoms with E-state index in [0.717, 1.165) is 54.5 Å². The van der Waals surface area contributed by atoms with Gasteiger partial charge in [0.2, 0.25) is 0 Å². The third-order valence-electron chi connectivity index (χ3n) is 8.02. The third kappa shape index (κ3) is 4.35. The van der Waals surface area contributed by atoms with Crippen LogP contribution in [0.15, 0.2) is 30.9 Å². The van der Waals surface area contributed by atoms with Crippen molar-refractivity contribution in [1.82, 2.24) is 24.5 Å². The fraction of sp³-hybridized carbons (Fsp3) is 0.448. The lowest BCUT2D eigenvalue weighted by Crippen LogP contribution is -2.45. The van der Waals surface area contributed by atoms with Crippen molar-refractivity contribution in [2.75, 3.05) is 18.6 Å². The smallest absolute Gasteiger partial charge is 0.311 e. The molecule has 7 nitrogen and oxygen atoms in total. The van der Waals surface area contributed by atoms with Crippen LogP contribution in [0.5, 0.6) is 0 Å². The number of hydrogen-bond acceptors (Lipinski definition) is 6. The molecule has 0 saturated heterocycles. The Morgan fingerprint density at radius 1 is 1.21 bits per heavy atom. The Labute approximate surface area is 225 Å². The number of H-pyrrole nitrogens is 1. The summed E-state index contributed by atoms with van der Waals surface area (Å²) >= 11 is 1.77. The monoisotopic (exact) mass is 531 g/mol. The first-order valence-corrected chi connectivity index (χ1v) is 14.6. The highest BCUT2D eigenvalue weighted by atomic mass is 32.2. The molecular formula is C29H30FN5O2S. The van der Waals surface area contributed by atoms with Gasteiger partial charge in [0.1, 0.15) is 17.1 Å². The number of fused-ring (bicyclic) bond motifs is 5. The highest BCUT2D eigenvalue weighted by Gasteiger charge is 2.49. The van der Waals surface area contributed by atoms with Gasteiger partial charge < -0.3 is 14.3 Å². The molecule has 4 aromatic heterocycles. The van der Waals surface area contributed by atoms with Crippen LogP contribution >= 0.6 is 11.8 Å². The van der Waals surface area contributed by atoms with E-state index in [2.05, 4.69) is 43.8 Å². The lowest BCUT2D eigenvalue weighted by molar-refractivity contribution is -0.157. The number of nitrogens with one attached hydrogen (secondary N) is 1. The lowest BCUT2D eigenvalue weighted by atomic mass is 9.61. The van der Waals surface area contributed by atoms with Crippen LogP contribution in [0.1, 0.15) is 50.6 Å². The summed E-state index contributed by atoms with van der Waals surface area (Å²) in [6.07, 6.45) is 14.0. The number of hydrogen-bond donors (Lipinski definition) is 1. The molecule has 3 fully saturated rings. The van der Waals surface area contributed by atoms with Gasteiger partial charge in [-0.3, -0.25) is 4.79 Å². The third-order valence-corrected chi connectivity index (χ3v) is 8.63. The molecule has 1 unspecified atom stereocenters. The van der Waals surface area contributed by atoms with Gasteiger partial charge in [-0.15, -0.1) is 0 Å². The molecule has 0 radical (unpaired) electrons. The van der Waals surface area contributed by atoms with Gasteiger partial charge in [0.05, 0.1) is 35.7 Å². The first-order chi connectivity index (χ1) is 18.6. The van der Waals surface area contributed by atoms with E-state index >= 15 is 0 Å². The number of aromatic nitrogens is 5. The maximum atomic E-state index is 14.0. The van der Waals surface area contributed by atoms with E-state index in [-0.39, 0.29) is 17.9 Å². The van der Waals surface area contributed by atoms with E-state index in [1.54, 1.807) is 24.2 Å². The SMILES string of the molecule is CCOC(=O)[C@H]1C2CCC(CC2)C1n1cc(C#CCCSC)c2cnc(-c3c[nH]c4ncc(F)cc34)nc21. The molecule has 2 atom stereocenters. The Balaban J connectivity index is 1.51. The molecule has 3 aliphatic carbocycles. The molecule has 2 bridgehead atoms. The molecule has 3 aliphatic rings. The summed E-state index contributed by atoms with van der Waals surface area (Å²) in [4.78, 5) is 30.2.